The molecule has 2 amide bonds. The van der Waals surface area contributed by atoms with E-state index < -0.39 is 23.9 Å². The SMILES string of the molecule is CCOC(=O)C1=C(C)N(CCO)C(=O)N[C@H]1c1ccccc1F. The molecule has 0 saturated heterocycles. The van der Waals surface area contributed by atoms with Gasteiger partial charge in [-0.25, -0.2) is 14.0 Å². The molecule has 0 saturated carbocycles. The van der Waals surface area contributed by atoms with Crippen LogP contribution in [0.25, 0.3) is 0 Å². The van der Waals surface area contributed by atoms with Gasteiger partial charge in [-0.05, 0) is 19.9 Å². The van der Waals surface area contributed by atoms with E-state index in [2.05, 4.69) is 5.32 Å². The lowest BCUT2D eigenvalue weighted by Gasteiger charge is -2.35. The molecule has 0 unspecified atom stereocenters. The highest BCUT2D eigenvalue weighted by molar-refractivity contribution is 5.95. The average molecular weight is 322 g/mol. The number of aliphatic hydroxyl groups is 1. The quantitative estimate of drug-likeness (QED) is 0.809. The molecule has 0 spiro atoms. The van der Waals surface area contributed by atoms with Gasteiger partial charge in [0.05, 0.1) is 31.4 Å². The number of hydrogen-bond acceptors (Lipinski definition) is 4. The van der Waals surface area contributed by atoms with E-state index in [9.17, 15) is 14.0 Å². The van der Waals surface area contributed by atoms with Crippen LogP contribution in [0.3, 0.4) is 0 Å². The second-order valence-corrected chi connectivity index (χ2v) is 5.00. The summed E-state index contributed by atoms with van der Waals surface area (Å²) < 4.78 is 19.2. The normalized spacial score (nSPS) is 18.0. The van der Waals surface area contributed by atoms with Crippen molar-refractivity contribution in [1.29, 1.82) is 0 Å². The molecule has 0 fully saturated rings. The molecule has 7 heteroatoms. The zero-order valence-corrected chi connectivity index (χ0v) is 13.0. The maximum atomic E-state index is 14.1. The van der Waals surface area contributed by atoms with Crippen molar-refractivity contribution in [3.63, 3.8) is 0 Å². The minimum Gasteiger partial charge on any atom is -0.463 e. The highest BCUT2D eigenvalue weighted by Crippen LogP contribution is 2.32. The van der Waals surface area contributed by atoms with Crippen molar-refractivity contribution in [2.45, 2.75) is 19.9 Å². The number of carbonyl (C=O) groups is 2. The van der Waals surface area contributed by atoms with Crippen molar-refractivity contribution in [2.75, 3.05) is 19.8 Å². The fourth-order valence-electron chi connectivity index (χ4n) is 2.57. The monoisotopic (exact) mass is 322 g/mol. The number of amides is 2. The first-order valence-corrected chi connectivity index (χ1v) is 7.32. The fraction of sp³-hybridized carbons (Fsp3) is 0.375. The van der Waals surface area contributed by atoms with Gasteiger partial charge in [-0.1, -0.05) is 18.2 Å². The number of β-amino-alcohol motifs (C(OH)–C–C–N with tert-alkyl or cyclic N) is 1. The second kappa shape index (κ2) is 7.23. The van der Waals surface area contributed by atoms with Crippen LogP contribution in [0.1, 0.15) is 25.5 Å². The third-order valence-corrected chi connectivity index (χ3v) is 3.63. The Labute approximate surface area is 133 Å². The largest absolute Gasteiger partial charge is 0.463 e. The third-order valence-electron chi connectivity index (χ3n) is 3.63. The van der Waals surface area contributed by atoms with Crippen LogP contribution in [0.2, 0.25) is 0 Å². The Morgan fingerprint density at radius 1 is 1.43 bits per heavy atom. The lowest BCUT2D eigenvalue weighted by Crippen LogP contribution is -2.49. The summed E-state index contributed by atoms with van der Waals surface area (Å²) in [6, 6.07) is 4.49. The summed E-state index contributed by atoms with van der Waals surface area (Å²) in [4.78, 5) is 25.8. The van der Waals surface area contributed by atoms with Crippen LogP contribution in [0.15, 0.2) is 35.5 Å². The molecule has 1 aliphatic heterocycles. The second-order valence-electron chi connectivity index (χ2n) is 5.00. The van der Waals surface area contributed by atoms with E-state index in [1.54, 1.807) is 19.9 Å². The molecular formula is C16H19FN2O4. The summed E-state index contributed by atoms with van der Waals surface area (Å²) in [5.74, 6) is -1.15. The van der Waals surface area contributed by atoms with Gasteiger partial charge in [-0.15, -0.1) is 0 Å². The van der Waals surface area contributed by atoms with Crippen LogP contribution in [0, 0.1) is 5.82 Å². The Balaban J connectivity index is 2.54. The highest BCUT2D eigenvalue weighted by atomic mass is 19.1. The number of hydrogen-bond donors (Lipinski definition) is 2. The van der Waals surface area contributed by atoms with Crippen LogP contribution in [0.4, 0.5) is 9.18 Å². The van der Waals surface area contributed by atoms with Crippen LogP contribution in [-0.2, 0) is 9.53 Å². The van der Waals surface area contributed by atoms with E-state index in [1.165, 1.54) is 23.1 Å². The van der Waals surface area contributed by atoms with E-state index >= 15 is 0 Å². The number of esters is 1. The number of aliphatic hydroxyl groups excluding tert-OH is 1. The molecule has 1 atom stereocenters. The first kappa shape index (κ1) is 17.0. The zero-order chi connectivity index (χ0) is 17.0. The van der Waals surface area contributed by atoms with E-state index in [4.69, 9.17) is 9.84 Å². The summed E-state index contributed by atoms with van der Waals surface area (Å²) in [6.07, 6.45) is 0. The maximum absolute atomic E-state index is 14.1. The summed E-state index contributed by atoms with van der Waals surface area (Å²) in [7, 11) is 0. The van der Waals surface area contributed by atoms with Gasteiger partial charge >= 0.3 is 12.0 Å². The maximum Gasteiger partial charge on any atom is 0.338 e. The first-order valence-electron chi connectivity index (χ1n) is 7.32. The van der Waals surface area contributed by atoms with Gasteiger partial charge < -0.3 is 15.2 Å². The fourth-order valence-corrected chi connectivity index (χ4v) is 2.57. The molecule has 2 rings (SSSR count). The number of allylic oxidation sites excluding steroid dienone is 1. The zero-order valence-electron chi connectivity index (χ0n) is 13.0. The number of ether oxygens (including phenoxy) is 1. The van der Waals surface area contributed by atoms with Gasteiger partial charge in [-0.3, -0.25) is 4.90 Å². The molecule has 0 radical (unpaired) electrons. The minimum absolute atomic E-state index is 0.0323. The van der Waals surface area contributed by atoms with Crippen LogP contribution >= 0.6 is 0 Å². The third kappa shape index (κ3) is 3.34. The summed E-state index contributed by atoms with van der Waals surface area (Å²) in [5.41, 5.74) is 0.686. The van der Waals surface area contributed by atoms with Gasteiger partial charge in [0, 0.05) is 11.3 Å². The van der Waals surface area contributed by atoms with Crippen LogP contribution < -0.4 is 5.32 Å². The predicted octanol–water partition coefficient (Wildman–Crippen LogP) is 1.72. The van der Waals surface area contributed by atoms with Gasteiger partial charge in [0.15, 0.2) is 0 Å². The summed E-state index contributed by atoms with van der Waals surface area (Å²) in [5, 5.41) is 11.7. The molecule has 0 aliphatic carbocycles. The molecule has 23 heavy (non-hydrogen) atoms. The number of halogens is 1. The molecule has 1 heterocycles. The topological polar surface area (TPSA) is 78.9 Å². The average Bonchev–Trinajstić information content (AvgIpc) is 2.51. The van der Waals surface area contributed by atoms with E-state index in [0.717, 1.165) is 0 Å². The Hall–Kier alpha value is -2.41. The van der Waals surface area contributed by atoms with E-state index in [-0.39, 0.29) is 30.9 Å². The molecule has 0 bridgehead atoms. The number of urea groups is 1. The van der Waals surface area contributed by atoms with Gasteiger partial charge in [0.1, 0.15) is 5.82 Å². The lowest BCUT2D eigenvalue weighted by atomic mass is 9.94. The Morgan fingerprint density at radius 3 is 2.74 bits per heavy atom. The minimum atomic E-state index is -0.933. The predicted molar refractivity (Wildman–Crippen MR) is 80.8 cm³/mol. The van der Waals surface area contributed by atoms with Crippen molar-refractivity contribution in [2.24, 2.45) is 0 Å². The summed E-state index contributed by atoms with van der Waals surface area (Å²) >= 11 is 0. The number of benzene rings is 1. The number of nitrogens with zero attached hydrogens (tertiary/aromatic N) is 1. The molecule has 1 aromatic carbocycles. The van der Waals surface area contributed by atoms with Gasteiger partial charge in [0.2, 0.25) is 0 Å². The van der Waals surface area contributed by atoms with E-state index in [1.807, 2.05) is 0 Å². The van der Waals surface area contributed by atoms with Crippen molar-refractivity contribution < 1.29 is 23.8 Å². The standard InChI is InChI=1S/C16H19FN2O4/c1-3-23-15(21)13-10(2)19(8-9-20)16(22)18-14(13)11-6-4-5-7-12(11)17/h4-7,14,20H,3,8-9H2,1-2H3,(H,18,22)/t14-/m0/s1. The molecule has 2 N–H and O–H groups in total. The molecule has 124 valence electrons. The molecule has 1 aromatic rings. The lowest BCUT2D eigenvalue weighted by molar-refractivity contribution is -0.139. The van der Waals surface area contributed by atoms with Crippen molar-refractivity contribution >= 4 is 12.0 Å². The smallest absolute Gasteiger partial charge is 0.338 e. The van der Waals surface area contributed by atoms with Crippen molar-refractivity contribution in [1.82, 2.24) is 10.2 Å². The first-order chi connectivity index (χ1) is 11.0. The molecular weight excluding hydrogens is 303 g/mol. The molecule has 6 nitrogen and oxygen atoms in total. The van der Waals surface area contributed by atoms with Crippen LogP contribution in [-0.4, -0.2) is 41.8 Å². The number of carbonyl (C=O) groups excluding carboxylic acids is 2. The summed E-state index contributed by atoms with van der Waals surface area (Å²) in [6.45, 7) is 3.18. The molecule has 1 aliphatic rings. The van der Waals surface area contributed by atoms with Crippen molar-refractivity contribution in [3.05, 3.63) is 46.9 Å². The Bertz CT molecular complexity index is 645. The van der Waals surface area contributed by atoms with Gasteiger partial charge in [0.25, 0.3) is 0 Å². The van der Waals surface area contributed by atoms with Crippen LogP contribution in [0.5, 0.6) is 0 Å². The number of nitrogens with one attached hydrogen (secondary N) is 1. The van der Waals surface area contributed by atoms with E-state index in [0.29, 0.717) is 5.70 Å². The number of rotatable bonds is 5. The van der Waals surface area contributed by atoms with Crippen molar-refractivity contribution in [3.8, 4) is 0 Å². The Kier molecular flexibility index (Phi) is 5.33. The molecule has 0 aromatic heterocycles. The highest BCUT2D eigenvalue weighted by Gasteiger charge is 2.37. The Morgan fingerprint density at radius 2 is 2.13 bits per heavy atom. The van der Waals surface area contributed by atoms with Gasteiger partial charge in [-0.2, -0.15) is 0 Å².